The van der Waals surface area contributed by atoms with Crippen molar-refractivity contribution in [1.82, 2.24) is 9.38 Å². The third-order valence-electron chi connectivity index (χ3n) is 4.66. The van der Waals surface area contributed by atoms with E-state index < -0.39 is 0 Å². The zero-order chi connectivity index (χ0) is 19.7. The topological polar surface area (TPSA) is 71.0 Å². The highest BCUT2D eigenvalue weighted by atomic mass is 16.5. The fraction of sp³-hybridized carbons (Fsp3) is 0.136. The molecule has 4 rings (SSSR count). The Kier molecular flexibility index (Phi) is 4.53. The predicted molar refractivity (Wildman–Crippen MR) is 110 cm³/mol. The van der Waals surface area contributed by atoms with Gasteiger partial charge in [-0.3, -0.25) is 0 Å². The molecule has 0 atom stereocenters. The molecule has 0 aliphatic heterocycles. The van der Waals surface area contributed by atoms with Crippen molar-refractivity contribution in [2.24, 2.45) is 0 Å². The molecule has 142 valence electrons. The molecule has 2 aromatic heterocycles. The van der Waals surface area contributed by atoms with E-state index in [2.05, 4.69) is 4.40 Å². The van der Waals surface area contributed by atoms with Crippen molar-refractivity contribution in [3.63, 3.8) is 0 Å². The maximum Gasteiger partial charge on any atom is 0.203 e. The van der Waals surface area contributed by atoms with Crippen molar-refractivity contribution in [2.75, 3.05) is 27.1 Å². The molecule has 0 unspecified atom stereocenters. The van der Waals surface area contributed by atoms with E-state index in [9.17, 15) is 0 Å². The summed E-state index contributed by atoms with van der Waals surface area (Å²) in [5.74, 6) is 1.72. The van der Waals surface area contributed by atoms with Gasteiger partial charge in [-0.2, -0.15) is 0 Å². The van der Waals surface area contributed by atoms with Gasteiger partial charge in [-0.25, -0.2) is 4.98 Å². The molecular weight excluding hydrogens is 354 g/mol. The number of benzene rings is 2. The fourth-order valence-corrected chi connectivity index (χ4v) is 3.27. The van der Waals surface area contributed by atoms with Gasteiger partial charge in [0.15, 0.2) is 11.5 Å². The number of hydrogen-bond donors (Lipinski definition) is 1. The van der Waals surface area contributed by atoms with Gasteiger partial charge in [-0.15, -0.1) is 0 Å². The summed E-state index contributed by atoms with van der Waals surface area (Å²) in [5, 5.41) is 0. The number of nitrogen functional groups attached to an aromatic ring is 1. The van der Waals surface area contributed by atoms with Crippen LogP contribution in [0.15, 0.2) is 60.9 Å². The standard InChI is InChI=1S/C22H21N3O3/c1-26-19-11-15(12-20(27-2)22(19)28-3)21-18-5-4-10-25(18)13-17(24-21)14-6-8-16(23)9-7-14/h4-13H,23H2,1-3H3. The molecular formula is C22H21N3O3. The summed E-state index contributed by atoms with van der Waals surface area (Å²) < 4.78 is 18.5. The molecule has 2 aromatic carbocycles. The molecule has 2 heterocycles. The first-order valence-electron chi connectivity index (χ1n) is 8.78. The quantitative estimate of drug-likeness (QED) is 0.527. The first-order chi connectivity index (χ1) is 13.6. The van der Waals surface area contributed by atoms with E-state index in [0.29, 0.717) is 17.2 Å². The maximum absolute atomic E-state index is 5.83. The minimum Gasteiger partial charge on any atom is -0.493 e. The Morgan fingerprint density at radius 1 is 0.857 bits per heavy atom. The van der Waals surface area contributed by atoms with Crippen LogP contribution in [-0.4, -0.2) is 30.7 Å². The predicted octanol–water partition coefficient (Wildman–Crippen LogP) is 4.28. The van der Waals surface area contributed by atoms with Crippen LogP contribution in [0.3, 0.4) is 0 Å². The van der Waals surface area contributed by atoms with Gasteiger partial charge in [0.25, 0.3) is 0 Å². The van der Waals surface area contributed by atoms with Crippen LogP contribution in [0.4, 0.5) is 5.69 Å². The maximum atomic E-state index is 5.83. The summed E-state index contributed by atoms with van der Waals surface area (Å²) in [7, 11) is 4.80. The number of nitrogens with zero attached hydrogens (tertiary/aromatic N) is 2. The Morgan fingerprint density at radius 3 is 2.14 bits per heavy atom. The zero-order valence-electron chi connectivity index (χ0n) is 16.0. The Bertz CT molecular complexity index is 1110. The lowest BCUT2D eigenvalue weighted by molar-refractivity contribution is 0.324. The molecule has 0 bridgehead atoms. The number of nitrogens with two attached hydrogens (primary N) is 1. The molecule has 6 nitrogen and oxygen atoms in total. The third kappa shape index (κ3) is 2.99. The Labute approximate surface area is 163 Å². The minimum absolute atomic E-state index is 0.551. The highest BCUT2D eigenvalue weighted by Gasteiger charge is 2.17. The highest BCUT2D eigenvalue weighted by Crippen LogP contribution is 2.42. The van der Waals surface area contributed by atoms with Crippen molar-refractivity contribution in [1.29, 1.82) is 0 Å². The van der Waals surface area contributed by atoms with Gasteiger partial charge in [0, 0.05) is 29.2 Å². The van der Waals surface area contributed by atoms with Crippen LogP contribution in [0.2, 0.25) is 0 Å². The van der Waals surface area contributed by atoms with Gasteiger partial charge in [0.2, 0.25) is 5.75 Å². The summed E-state index contributed by atoms with van der Waals surface area (Å²) in [6.07, 6.45) is 4.00. The van der Waals surface area contributed by atoms with E-state index in [4.69, 9.17) is 24.9 Å². The first kappa shape index (κ1) is 17.7. The SMILES string of the molecule is COc1cc(-c2nc(-c3ccc(N)cc3)cn3cccc23)cc(OC)c1OC. The van der Waals surface area contributed by atoms with Crippen LogP contribution in [0.1, 0.15) is 0 Å². The third-order valence-corrected chi connectivity index (χ3v) is 4.66. The number of methoxy groups -OCH3 is 3. The lowest BCUT2D eigenvalue weighted by atomic mass is 10.1. The van der Waals surface area contributed by atoms with Crippen molar-refractivity contribution in [3.8, 4) is 39.8 Å². The molecule has 2 N–H and O–H groups in total. The molecule has 0 spiro atoms. The molecule has 0 aliphatic carbocycles. The zero-order valence-corrected chi connectivity index (χ0v) is 16.0. The van der Waals surface area contributed by atoms with Gasteiger partial charge in [-0.05, 0) is 36.4 Å². The van der Waals surface area contributed by atoms with E-state index in [1.54, 1.807) is 21.3 Å². The Balaban J connectivity index is 1.96. The van der Waals surface area contributed by atoms with E-state index >= 15 is 0 Å². The second kappa shape index (κ2) is 7.15. The normalized spacial score (nSPS) is 10.8. The largest absolute Gasteiger partial charge is 0.493 e. The van der Waals surface area contributed by atoms with E-state index in [1.807, 2.05) is 60.9 Å². The first-order valence-corrected chi connectivity index (χ1v) is 8.78. The van der Waals surface area contributed by atoms with Crippen LogP contribution in [0.5, 0.6) is 17.2 Å². The van der Waals surface area contributed by atoms with Crippen molar-refractivity contribution < 1.29 is 14.2 Å². The fourth-order valence-electron chi connectivity index (χ4n) is 3.27. The van der Waals surface area contributed by atoms with E-state index in [-0.39, 0.29) is 0 Å². The van der Waals surface area contributed by atoms with Crippen molar-refractivity contribution in [3.05, 3.63) is 60.9 Å². The summed E-state index contributed by atoms with van der Waals surface area (Å²) in [5.41, 5.74) is 11.0. The number of hydrogen-bond acceptors (Lipinski definition) is 5. The summed E-state index contributed by atoms with van der Waals surface area (Å²) in [6.45, 7) is 0. The lowest BCUT2D eigenvalue weighted by Gasteiger charge is -2.15. The van der Waals surface area contributed by atoms with Gasteiger partial charge in [0.05, 0.1) is 38.2 Å². The average molecular weight is 375 g/mol. The van der Waals surface area contributed by atoms with Gasteiger partial charge in [-0.1, -0.05) is 12.1 Å². The van der Waals surface area contributed by atoms with E-state index in [0.717, 1.165) is 33.7 Å². The number of ether oxygens (including phenoxy) is 3. The number of rotatable bonds is 5. The number of fused-ring (bicyclic) bond motifs is 1. The van der Waals surface area contributed by atoms with E-state index in [1.165, 1.54) is 0 Å². The monoisotopic (exact) mass is 375 g/mol. The molecule has 28 heavy (non-hydrogen) atoms. The highest BCUT2D eigenvalue weighted by molar-refractivity contribution is 5.82. The lowest BCUT2D eigenvalue weighted by Crippen LogP contribution is -1.98. The minimum atomic E-state index is 0.551. The summed E-state index contributed by atoms with van der Waals surface area (Å²) in [4.78, 5) is 4.94. The van der Waals surface area contributed by atoms with Crippen molar-refractivity contribution >= 4 is 11.2 Å². The Morgan fingerprint density at radius 2 is 1.54 bits per heavy atom. The van der Waals surface area contributed by atoms with Crippen LogP contribution >= 0.6 is 0 Å². The molecule has 0 aliphatic rings. The average Bonchev–Trinajstić information content (AvgIpc) is 3.21. The number of anilines is 1. The van der Waals surface area contributed by atoms with Gasteiger partial charge < -0.3 is 24.3 Å². The van der Waals surface area contributed by atoms with Crippen LogP contribution < -0.4 is 19.9 Å². The Hall–Kier alpha value is -3.67. The molecule has 0 saturated heterocycles. The summed E-state index contributed by atoms with van der Waals surface area (Å²) in [6, 6.07) is 15.5. The summed E-state index contributed by atoms with van der Waals surface area (Å²) >= 11 is 0. The van der Waals surface area contributed by atoms with Crippen molar-refractivity contribution in [2.45, 2.75) is 0 Å². The number of aromatic nitrogens is 2. The molecule has 6 heteroatoms. The van der Waals surface area contributed by atoms with Crippen LogP contribution in [0, 0.1) is 0 Å². The molecule has 0 fully saturated rings. The van der Waals surface area contributed by atoms with Crippen LogP contribution in [0.25, 0.3) is 28.0 Å². The van der Waals surface area contributed by atoms with Gasteiger partial charge >= 0.3 is 0 Å². The molecule has 4 aromatic rings. The van der Waals surface area contributed by atoms with Crippen LogP contribution in [-0.2, 0) is 0 Å². The second-order valence-corrected chi connectivity index (χ2v) is 6.31. The smallest absolute Gasteiger partial charge is 0.203 e. The molecule has 0 saturated carbocycles. The van der Waals surface area contributed by atoms with Gasteiger partial charge in [0.1, 0.15) is 0 Å². The molecule has 0 radical (unpaired) electrons. The molecule has 0 amide bonds. The second-order valence-electron chi connectivity index (χ2n) is 6.31.